The first-order valence-corrected chi connectivity index (χ1v) is 8.58. The number of hydrogen-bond donors (Lipinski definition) is 4. The predicted octanol–water partition coefficient (Wildman–Crippen LogP) is 1.57. The third-order valence-corrected chi connectivity index (χ3v) is 3.18. The number of hydrogen-bond acceptors (Lipinski definition) is 6. The van der Waals surface area contributed by atoms with Gasteiger partial charge in [0.2, 0.25) is 0 Å². The summed E-state index contributed by atoms with van der Waals surface area (Å²) in [5, 5.41) is 26.3. The van der Waals surface area contributed by atoms with Crippen LogP contribution < -0.4 is 16.0 Å². The molecule has 0 saturated heterocycles. The van der Waals surface area contributed by atoms with Crippen molar-refractivity contribution in [2.24, 2.45) is 0 Å². The quantitative estimate of drug-likeness (QED) is 0.311. The monoisotopic (exact) mass is 374 g/mol. The number of alkyl carbamates (subject to hydrolysis) is 1. The number of nitrogens with one attached hydrogen (secondary N) is 3. The van der Waals surface area contributed by atoms with E-state index in [4.69, 9.17) is 10.00 Å². The smallest absolute Gasteiger partial charge is 0.407 e. The van der Waals surface area contributed by atoms with Gasteiger partial charge >= 0.3 is 6.09 Å². The van der Waals surface area contributed by atoms with E-state index in [-0.39, 0.29) is 17.9 Å². The number of carbonyl (C=O) groups excluding carboxylic acids is 2. The van der Waals surface area contributed by atoms with E-state index in [1.54, 1.807) is 45.0 Å². The number of amides is 2. The Balaban J connectivity index is 2.30. The van der Waals surface area contributed by atoms with Crippen molar-refractivity contribution in [1.29, 1.82) is 5.26 Å². The molecule has 0 aromatic heterocycles. The molecule has 4 N–H and O–H groups in total. The number of phenols is 1. The summed E-state index contributed by atoms with van der Waals surface area (Å²) in [6.07, 6.45) is 1.37. The number of nitriles is 1. The van der Waals surface area contributed by atoms with E-state index in [0.717, 1.165) is 5.56 Å². The van der Waals surface area contributed by atoms with Gasteiger partial charge in [0.25, 0.3) is 5.91 Å². The van der Waals surface area contributed by atoms with Crippen molar-refractivity contribution in [3.63, 3.8) is 0 Å². The third-order valence-electron chi connectivity index (χ3n) is 3.18. The number of carbonyl (C=O) groups is 2. The molecule has 0 aliphatic heterocycles. The van der Waals surface area contributed by atoms with Crippen LogP contribution in [0.15, 0.2) is 36.0 Å². The first-order valence-electron chi connectivity index (χ1n) is 8.58. The van der Waals surface area contributed by atoms with E-state index < -0.39 is 17.6 Å². The average Bonchev–Trinajstić information content (AvgIpc) is 2.58. The summed E-state index contributed by atoms with van der Waals surface area (Å²) in [6.45, 7) is 6.30. The highest BCUT2D eigenvalue weighted by atomic mass is 16.6. The molecule has 0 bridgehead atoms. The van der Waals surface area contributed by atoms with Gasteiger partial charge in [-0.1, -0.05) is 12.1 Å². The fraction of sp³-hybridized carbons (Fsp3) is 0.421. The Hall–Kier alpha value is -3.21. The van der Waals surface area contributed by atoms with Crippen molar-refractivity contribution in [3.8, 4) is 11.8 Å². The molecule has 1 aromatic carbocycles. The zero-order chi connectivity index (χ0) is 20.3. The van der Waals surface area contributed by atoms with Crippen molar-refractivity contribution in [2.75, 3.05) is 19.6 Å². The van der Waals surface area contributed by atoms with Crippen LogP contribution in [0.1, 0.15) is 26.3 Å². The van der Waals surface area contributed by atoms with Crippen LogP contribution in [-0.4, -0.2) is 42.3 Å². The minimum Gasteiger partial charge on any atom is -0.508 e. The molecule has 0 aliphatic carbocycles. The molecule has 0 radical (unpaired) electrons. The van der Waals surface area contributed by atoms with Gasteiger partial charge in [0, 0.05) is 25.8 Å². The third kappa shape index (κ3) is 9.75. The van der Waals surface area contributed by atoms with E-state index in [0.29, 0.717) is 19.5 Å². The topological polar surface area (TPSA) is 123 Å². The highest BCUT2D eigenvalue weighted by Crippen LogP contribution is 2.09. The molecule has 0 heterocycles. The van der Waals surface area contributed by atoms with E-state index in [9.17, 15) is 14.7 Å². The van der Waals surface area contributed by atoms with Gasteiger partial charge in [0.15, 0.2) is 0 Å². The lowest BCUT2D eigenvalue weighted by Gasteiger charge is -2.19. The summed E-state index contributed by atoms with van der Waals surface area (Å²) < 4.78 is 5.09. The highest BCUT2D eigenvalue weighted by molar-refractivity contribution is 5.97. The summed E-state index contributed by atoms with van der Waals surface area (Å²) >= 11 is 0. The van der Waals surface area contributed by atoms with Crippen molar-refractivity contribution < 1.29 is 19.4 Å². The van der Waals surface area contributed by atoms with Crippen molar-refractivity contribution in [3.05, 3.63) is 41.6 Å². The zero-order valence-electron chi connectivity index (χ0n) is 15.8. The van der Waals surface area contributed by atoms with Crippen molar-refractivity contribution in [2.45, 2.75) is 32.8 Å². The van der Waals surface area contributed by atoms with Gasteiger partial charge < -0.3 is 25.8 Å². The summed E-state index contributed by atoms with van der Waals surface area (Å²) in [7, 11) is 0. The van der Waals surface area contributed by atoms with Gasteiger partial charge in [0.05, 0.1) is 0 Å². The van der Waals surface area contributed by atoms with Crippen LogP contribution in [0.4, 0.5) is 4.79 Å². The average molecular weight is 374 g/mol. The van der Waals surface area contributed by atoms with Gasteiger partial charge in [-0.05, 0) is 44.9 Å². The second-order valence-electron chi connectivity index (χ2n) is 6.72. The van der Waals surface area contributed by atoms with Gasteiger partial charge in [-0.25, -0.2) is 4.79 Å². The Labute approximate surface area is 159 Å². The number of rotatable bonds is 8. The van der Waals surface area contributed by atoms with Crippen LogP contribution in [-0.2, 0) is 16.0 Å². The number of ether oxygens (including phenoxy) is 1. The predicted molar refractivity (Wildman–Crippen MR) is 101 cm³/mol. The number of phenolic OH excluding ortho intramolecular Hbond substituents is 1. The van der Waals surface area contributed by atoms with E-state index >= 15 is 0 Å². The summed E-state index contributed by atoms with van der Waals surface area (Å²) in [6, 6.07) is 8.51. The van der Waals surface area contributed by atoms with Crippen molar-refractivity contribution in [1.82, 2.24) is 16.0 Å². The molecule has 2 amide bonds. The Morgan fingerprint density at radius 2 is 1.81 bits per heavy atom. The maximum atomic E-state index is 12.0. The van der Waals surface area contributed by atoms with Gasteiger partial charge in [-0.2, -0.15) is 5.26 Å². The van der Waals surface area contributed by atoms with Crippen molar-refractivity contribution >= 4 is 12.0 Å². The minimum absolute atomic E-state index is 0.0574. The number of benzene rings is 1. The Morgan fingerprint density at radius 3 is 2.41 bits per heavy atom. The molecule has 0 atom stereocenters. The molecule has 0 fully saturated rings. The minimum atomic E-state index is -0.566. The van der Waals surface area contributed by atoms with Crippen LogP contribution in [0.25, 0.3) is 0 Å². The molecule has 0 saturated carbocycles. The van der Waals surface area contributed by atoms with E-state index in [1.807, 2.05) is 6.07 Å². The van der Waals surface area contributed by atoms with E-state index in [1.165, 1.54) is 6.20 Å². The summed E-state index contributed by atoms with van der Waals surface area (Å²) in [5.41, 5.74) is 0.337. The summed E-state index contributed by atoms with van der Waals surface area (Å²) in [5.74, 6) is -0.298. The van der Waals surface area contributed by atoms with Gasteiger partial charge in [0.1, 0.15) is 23.0 Å². The number of nitrogens with zero attached hydrogens (tertiary/aromatic N) is 1. The molecule has 1 rings (SSSR count). The van der Waals surface area contributed by atoms with Crippen LogP contribution in [0.5, 0.6) is 5.75 Å². The van der Waals surface area contributed by atoms with Crippen LogP contribution in [0, 0.1) is 11.3 Å². The zero-order valence-corrected chi connectivity index (χ0v) is 15.8. The fourth-order valence-corrected chi connectivity index (χ4v) is 1.95. The largest absolute Gasteiger partial charge is 0.508 e. The molecule has 8 heteroatoms. The van der Waals surface area contributed by atoms with Gasteiger partial charge in [-0.3, -0.25) is 4.79 Å². The van der Waals surface area contributed by atoms with Crippen LogP contribution in [0.2, 0.25) is 0 Å². The second kappa shape index (κ2) is 10.7. The highest BCUT2D eigenvalue weighted by Gasteiger charge is 2.15. The Bertz CT molecular complexity index is 700. The molecule has 146 valence electrons. The van der Waals surface area contributed by atoms with E-state index in [2.05, 4.69) is 16.0 Å². The lowest BCUT2D eigenvalue weighted by atomic mass is 10.1. The SMILES string of the molecule is CC(C)(C)OC(=O)NCCN/C=C(/C#N)C(=O)NCCc1ccc(O)cc1. The standard InChI is InChI=1S/C19H26N4O4/c1-19(2,3)27-18(26)23-11-10-21-13-15(12-20)17(25)22-9-8-14-4-6-16(24)7-5-14/h4-7,13,21,24H,8-11H2,1-3H3,(H,22,25)(H,23,26)/b15-13-. The molecule has 8 nitrogen and oxygen atoms in total. The number of aromatic hydroxyl groups is 1. The molecule has 0 aliphatic rings. The molecular weight excluding hydrogens is 348 g/mol. The first-order chi connectivity index (χ1) is 12.7. The first kappa shape index (κ1) is 21.8. The fourth-order valence-electron chi connectivity index (χ4n) is 1.95. The molecule has 0 spiro atoms. The maximum absolute atomic E-state index is 12.0. The maximum Gasteiger partial charge on any atom is 0.407 e. The summed E-state index contributed by atoms with van der Waals surface area (Å²) in [4.78, 5) is 23.4. The van der Waals surface area contributed by atoms with Crippen LogP contribution in [0.3, 0.4) is 0 Å². The molecular formula is C19H26N4O4. The lowest BCUT2D eigenvalue weighted by Crippen LogP contribution is -2.35. The Kier molecular flexibility index (Phi) is 8.66. The second-order valence-corrected chi connectivity index (χ2v) is 6.72. The normalized spacial score (nSPS) is 11.3. The molecule has 0 unspecified atom stereocenters. The molecule has 1 aromatic rings. The lowest BCUT2D eigenvalue weighted by molar-refractivity contribution is -0.117. The Morgan fingerprint density at radius 1 is 1.15 bits per heavy atom. The molecule has 27 heavy (non-hydrogen) atoms. The van der Waals surface area contributed by atoms with Crippen LogP contribution >= 0.6 is 0 Å². The van der Waals surface area contributed by atoms with Gasteiger partial charge in [-0.15, -0.1) is 0 Å².